The zero-order chi connectivity index (χ0) is 20.6. The summed E-state index contributed by atoms with van der Waals surface area (Å²) in [5.74, 6) is -0.647. The van der Waals surface area contributed by atoms with E-state index in [2.05, 4.69) is 20.8 Å². The summed E-state index contributed by atoms with van der Waals surface area (Å²) in [5, 5.41) is 16.4. The van der Waals surface area contributed by atoms with Crippen molar-refractivity contribution in [1.82, 2.24) is 25.5 Å². The molecule has 9 heteroatoms. The third kappa shape index (κ3) is 5.14. The molecule has 1 amide bonds. The monoisotopic (exact) mass is 411 g/mol. The van der Waals surface area contributed by atoms with Crippen molar-refractivity contribution in [3.05, 3.63) is 52.7 Å². The predicted molar refractivity (Wildman–Crippen MR) is 111 cm³/mol. The molecule has 2 aromatic heterocycles. The van der Waals surface area contributed by atoms with Crippen LogP contribution in [0.2, 0.25) is 0 Å². The predicted octanol–water partition coefficient (Wildman–Crippen LogP) is 2.86. The highest BCUT2D eigenvalue weighted by Gasteiger charge is 2.24. The minimum absolute atomic E-state index is 0.117. The van der Waals surface area contributed by atoms with E-state index in [9.17, 15) is 9.59 Å². The zero-order valence-corrected chi connectivity index (χ0v) is 16.9. The number of nitrogens with zero attached hydrogens (tertiary/aromatic N) is 4. The van der Waals surface area contributed by atoms with E-state index in [1.807, 2.05) is 54.8 Å². The van der Waals surface area contributed by atoms with Gasteiger partial charge >= 0.3 is 5.97 Å². The standard InChI is InChI=1S/C20H21N5O3S/c1-3-11-21-19(26)14(2)28-20(27)17(13-16-10-7-12-29-16)25-18(22-23-24-25)15-8-5-4-6-9-15/h4-10,12-14H,3,11H2,1-2H3,(H,21,26)/b17-13-/t14-/m1/s1. The average molecular weight is 411 g/mol. The molecule has 0 spiro atoms. The van der Waals surface area contributed by atoms with Gasteiger partial charge in [-0.2, -0.15) is 4.68 Å². The van der Waals surface area contributed by atoms with E-state index in [4.69, 9.17) is 4.74 Å². The van der Waals surface area contributed by atoms with Gasteiger partial charge in [0, 0.05) is 17.0 Å². The fourth-order valence-electron chi connectivity index (χ4n) is 2.50. The van der Waals surface area contributed by atoms with E-state index in [1.165, 1.54) is 22.9 Å². The summed E-state index contributed by atoms with van der Waals surface area (Å²) in [6.45, 7) is 3.99. The summed E-state index contributed by atoms with van der Waals surface area (Å²) in [5.41, 5.74) is 0.863. The number of aromatic nitrogens is 4. The van der Waals surface area contributed by atoms with Crippen LogP contribution < -0.4 is 5.32 Å². The second kappa shape index (κ2) is 9.74. The summed E-state index contributed by atoms with van der Waals surface area (Å²) in [4.78, 5) is 25.9. The number of hydrogen-bond donors (Lipinski definition) is 1. The van der Waals surface area contributed by atoms with E-state index < -0.39 is 12.1 Å². The van der Waals surface area contributed by atoms with Crippen LogP contribution in [0.15, 0.2) is 47.8 Å². The van der Waals surface area contributed by atoms with Crippen molar-refractivity contribution in [2.45, 2.75) is 26.4 Å². The highest BCUT2D eigenvalue weighted by atomic mass is 32.1. The van der Waals surface area contributed by atoms with Crippen LogP contribution in [0.1, 0.15) is 25.1 Å². The van der Waals surface area contributed by atoms with E-state index >= 15 is 0 Å². The molecule has 0 radical (unpaired) electrons. The maximum atomic E-state index is 13.0. The number of nitrogens with one attached hydrogen (secondary N) is 1. The Morgan fingerprint density at radius 3 is 2.72 bits per heavy atom. The van der Waals surface area contributed by atoms with Crippen LogP contribution in [0.5, 0.6) is 0 Å². The Bertz CT molecular complexity index is 983. The lowest BCUT2D eigenvalue weighted by Gasteiger charge is -2.15. The largest absolute Gasteiger partial charge is 0.448 e. The Morgan fingerprint density at radius 2 is 2.03 bits per heavy atom. The molecule has 0 aliphatic rings. The molecule has 1 atom stereocenters. The number of carbonyl (C=O) groups excluding carboxylic acids is 2. The minimum atomic E-state index is -0.947. The van der Waals surface area contributed by atoms with E-state index in [0.717, 1.165) is 16.9 Å². The SMILES string of the molecule is CCCNC(=O)[C@@H](C)OC(=O)/C(=C/c1cccs1)n1nnnc1-c1ccccc1. The molecular formula is C20H21N5O3S. The molecule has 0 aliphatic heterocycles. The van der Waals surface area contributed by atoms with Crippen LogP contribution in [0.25, 0.3) is 23.2 Å². The summed E-state index contributed by atoms with van der Waals surface area (Å²) >= 11 is 1.46. The van der Waals surface area contributed by atoms with Crippen molar-refractivity contribution in [1.29, 1.82) is 0 Å². The van der Waals surface area contributed by atoms with Crippen LogP contribution >= 0.6 is 11.3 Å². The number of tetrazole rings is 1. The first-order valence-corrected chi connectivity index (χ1v) is 10.1. The average Bonchev–Trinajstić information content (AvgIpc) is 3.42. The lowest BCUT2D eigenvalue weighted by Crippen LogP contribution is -2.36. The van der Waals surface area contributed by atoms with Gasteiger partial charge in [0.15, 0.2) is 17.6 Å². The molecule has 0 saturated heterocycles. The van der Waals surface area contributed by atoms with Gasteiger partial charge in [0.1, 0.15) is 0 Å². The second-order valence-electron chi connectivity index (χ2n) is 6.16. The van der Waals surface area contributed by atoms with Crippen LogP contribution in [-0.4, -0.2) is 44.7 Å². The minimum Gasteiger partial charge on any atom is -0.448 e. The third-order valence-corrected chi connectivity index (χ3v) is 4.78. The summed E-state index contributed by atoms with van der Waals surface area (Å²) in [7, 11) is 0. The molecule has 8 nitrogen and oxygen atoms in total. The number of hydrogen-bond acceptors (Lipinski definition) is 7. The van der Waals surface area contributed by atoms with Crippen molar-refractivity contribution in [2.24, 2.45) is 0 Å². The lowest BCUT2D eigenvalue weighted by atomic mass is 10.2. The molecule has 0 saturated carbocycles. The molecule has 2 heterocycles. The van der Waals surface area contributed by atoms with Crippen molar-refractivity contribution in [3.63, 3.8) is 0 Å². The molecule has 0 unspecified atom stereocenters. The Morgan fingerprint density at radius 1 is 1.24 bits per heavy atom. The van der Waals surface area contributed by atoms with Crippen molar-refractivity contribution in [2.75, 3.05) is 6.54 Å². The van der Waals surface area contributed by atoms with Gasteiger partial charge < -0.3 is 10.1 Å². The smallest absolute Gasteiger partial charge is 0.357 e. The van der Waals surface area contributed by atoms with Crippen LogP contribution in [0, 0.1) is 0 Å². The normalized spacial score (nSPS) is 12.4. The Balaban J connectivity index is 1.92. The Hall–Kier alpha value is -3.33. The molecular weight excluding hydrogens is 390 g/mol. The van der Waals surface area contributed by atoms with Crippen LogP contribution in [0.4, 0.5) is 0 Å². The van der Waals surface area contributed by atoms with Crippen molar-refractivity contribution >= 4 is 35.0 Å². The topological polar surface area (TPSA) is 99.0 Å². The molecule has 3 rings (SSSR count). The maximum Gasteiger partial charge on any atom is 0.357 e. The third-order valence-electron chi connectivity index (χ3n) is 3.96. The van der Waals surface area contributed by atoms with E-state index in [1.54, 1.807) is 6.08 Å². The first-order valence-electron chi connectivity index (χ1n) is 9.18. The van der Waals surface area contributed by atoms with Gasteiger partial charge in [-0.25, -0.2) is 4.79 Å². The number of thiophene rings is 1. The number of amides is 1. The zero-order valence-electron chi connectivity index (χ0n) is 16.1. The lowest BCUT2D eigenvalue weighted by molar-refractivity contribution is -0.149. The number of benzene rings is 1. The van der Waals surface area contributed by atoms with Gasteiger partial charge in [-0.15, -0.1) is 16.4 Å². The van der Waals surface area contributed by atoms with Crippen molar-refractivity contribution in [3.8, 4) is 11.4 Å². The van der Waals surface area contributed by atoms with Gasteiger partial charge in [-0.05, 0) is 41.3 Å². The molecule has 3 aromatic rings. The second-order valence-corrected chi connectivity index (χ2v) is 7.14. The molecule has 0 bridgehead atoms. The van der Waals surface area contributed by atoms with Crippen LogP contribution in [0.3, 0.4) is 0 Å². The Kier molecular flexibility index (Phi) is 6.85. The van der Waals surface area contributed by atoms with Crippen molar-refractivity contribution < 1.29 is 14.3 Å². The fourth-order valence-corrected chi connectivity index (χ4v) is 3.15. The first kappa shape index (κ1) is 20.4. The first-order chi connectivity index (χ1) is 14.1. The highest BCUT2D eigenvalue weighted by molar-refractivity contribution is 7.10. The molecule has 150 valence electrons. The van der Waals surface area contributed by atoms with E-state index in [0.29, 0.717) is 12.4 Å². The van der Waals surface area contributed by atoms with Gasteiger partial charge in [-0.1, -0.05) is 43.3 Å². The van der Waals surface area contributed by atoms with Gasteiger partial charge in [0.05, 0.1) is 0 Å². The number of esters is 1. The quantitative estimate of drug-likeness (QED) is 0.452. The highest BCUT2D eigenvalue weighted by Crippen LogP contribution is 2.23. The molecule has 1 N–H and O–H groups in total. The number of ether oxygens (including phenoxy) is 1. The Labute approximate surface area is 172 Å². The molecule has 29 heavy (non-hydrogen) atoms. The number of carbonyl (C=O) groups is 2. The summed E-state index contributed by atoms with van der Waals surface area (Å²) < 4.78 is 6.73. The fraction of sp³-hybridized carbons (Fsp3) is 0.250. The van der Waals surface area contributed by atoms with Gasteiger partial charge in [-0.3, -0.25) is 4.79 Å². The molecule has 1 aromatic carbocycles. The van der Waals surface area contributed by atoms with Gasteiger partial charge in [0.2, 0.25) is 0 Å². The number of rotatable bonds is 8. The van der Waals surface area contributed by atoms with Crippen LogP contribution in [-0.2, 0) is 14.3 Å². The van der Waals surface area contributed by atoms with Gasteiger partial charge in [0.25, 0.3) is 5.91 Å². The maximum absolute atomic E-state index is 13.0. The molecule has 0 aliphatic carbocycles. The summed E-state index contributed by atoms with van der Waals surface area (Å²) in [6, 6.07) is 13.0. The molecule has 0 fully saturated rings. The summed E-state index contributed by atoms with van der Waals surface area (Å²) in [6.07, 6.45) is 1.49. The van der Waals surface area contributed by atoms with E-state index in [-0.39, 0.29) is 11.6 Å².